The van der Waals surface area contributed by atoms with Crippen molar-refractivity contribution < 1.29 is 27.9 Å². The van der Waals surface area contributed by atoms with Crippen molar-refractivity contribution in [2.24, 2.45) is 0 Å². The van der Waals surface area contributed by atoms with Crippen LogP contribution < -0.4 is 5.69 Å². The molecule has 4 rings (SSSR count). The molecule has 11 nitrogen and oxygen atoms in total. The van der Waals surface area contributed by atoms with E-state index in [1.165, 1.54) is 38.4 Å². The van der Waals surface area contributed by atoms with Crippen molar-refractivity contribution in [2.45, 2.75) is 25.4 Å². The van der Waals surface area contributed by atoms with Gasteiger partial charge in [0, 0.05) is 17.6 Å². The quantitative estimate of drug-likeness (QED) is 0.315. The van der Waals surface area contributed by atoms with Gasteiger partial charge in [-0.1, -0.05) is 35.3 Å². The monoisotopic (exact) mass is 585 g/mol. The molecule has 0 bridgehead atoms. The Labute approximate surface area is 228 Å². The molecule has 1 N–H and O–H groups in total. The minimum atomic E-state index is -4.98. The molecule has 39 heavy (non-hydrogen) atoms. The van der Waals surface area contributed by atoms with E-state index in [0.717, 1.165) is 14.4 Å². The first kappa shape index (κ1) is 28.3. The topological polar surface area (TPSA) is 120 Å². The summed E-state index contributed by atoms with van der Waals surface area (Å²) in [5.74, 6) is -1.13. The van der Waals surface area contributed by atoms with E-state index >= 15 is 0 Å². The number of hydrogen-bond acceptors (Lipinski definition) is 7. The third kappa shape index (κ3) is 5.98. The minimum absolute atomic E-state index is 0.0754. The summed E-state index contributed by atoms with van der Waals surface area (Å²) in [6, 6.07) is 12.4. The number of aliphatic hydroxyl groups is 1. The summed E-state index contributed by atoms with van der Waals surface area (Å²) >= 11 is 12.2. The predicted molar refractivity (Wildman–Crippen MR) is 134 cm³/mol. The molecule has 0 aliphatic heterocycles. The lowest BCUT2D eigenvalue weighted by molar-refractivity contribution is -0.207. The fourth-order valence-electron chi connectivity index (χ4n) is 3.51. The summed E-state index contributed by atoms with van der Waals surface area (Å²) in [5.41, 5.74) is -0.394. The first-order valence-corrected chi connectivity index (χ1v) is 11.9. The molecule has 2 heterocycles. The number of nitrogens with zero attached hydrogens (tertiary/aromatic N) is 7. The van der Waals surface area contributed by atoms with Crippen molar-refractivity contribution in [1.29, 1.82) is 0 Å². The van der Waals surface area contributed by atoms with Crippen LogP contribution in [-0.4, -0.2) is 71.6 Å². The Hall–Kier alpha value is -3.72. The van der Waals surface area contributed by atoms with Gasteiger partial charge in [-0.3, -0.25) is 14.2 Å². The summed E-state index contributed by atoms with van der Waals surface area (Å²) in [5, 5.41) is 19.7. The van der Waals surface area contributed by atoms with Gasteiger partial charge in [-0.2, -0.15) is 13.2 Å². The van der Waals surface area contributed by atoms with Crippen molar-refractivity contribution in [3.63, 3.8) is 0 Å². The lowest BCUT2D eigenvalue weighted by Crippen LogP contribution is -2.37. The number of benzene rings is 2. The molecule has 0 spiro atoms. The number of amides is 1. The maximum Gasteiger partial charge on any atom is 0.416 e. The van der Waals surface area contributed by atoms with E-state index in [1.54, 1.807) is 24.3 Å². The predicted octanol–water partition coefficient (Wildman–Crippen LogP) is 3.20. The Bertz CT molecular complexity index is 1550. The summed E-state index contributed by atoms with van der Waals surface area (Å²) < 4.78 is 42.1. The first-order valence-electron chi connectivity index (χ1n) is 11.1. The second kappa shape index (κ2) is 11.2. The highest BCUT2D eigenvalue weighted by molar-refractivity contribution is 6.32. The second-order valence-corrected chi connectivity index (χ2v) is 8.98. The van der Waals surface area contributed by atoms with E-state index < -0.39 is 37.0 Å². The highest BCUT2D eigenvalue weighted by Gasteiger charge is 2.39. The lowest BCUT2D eigenvalue weighted by Gasteiger charge is -2.15. The van der Waals surface area contributed by atoms with Gasteiger partial charge in [-0.15, -0.1) is 10.2 Å². The third-order valence-corrected chi connectivity index (χ3v) is 6.10. The molecule has 0 unspecified atom stereocenters. The molecule has 1 atom stereocenters. The normalized spacial score (nSPS) is 12.5. The van der Waals surface area contributed by atoms with Gasteiger partial charge < -0.3 is 5.11 Å². The van der Waals surface area contributed by atoms with E-state index in [-0.39, 0.29) is 28.1 Å². The average Bonchev–Trinajstić information content (AvgIpc) is 3.44. The van der Waals surface area contributed by atoms with Crippen LogP contribution in [0.5, 0.6) is 0 Å². The summed E-state index contributed by atoms with van der Waals surface area (Å²) in [7, 11) is 2.62. The van der Waals surface area contributed by atoms with Crippen molar-refractivity contribution >= 4 is 29.1 Å². The second-order valence-electron chi connectivity index (χ2n) is 8.14. The maximum atomic E-state index is 13.2. The minimum Gasteiger partial charge on any atom is -0.382 e. The number of carbonyl (C=O) groups is 1. The van der Waals surface area contributed by atoms with Crippen molar-refractivity contribution in [1.82, 2.24) is 34.2 Å². The number of hydrogen-bond donors (Lipinski definition) is 1. The highest BCUT2D eigenvalue weighted by Crippen LogP contribution is 2.25. The molecule has 0 aliphatic carbocycles. The van der Waals surface area contributed by atoms with Gasteiger partial charge in [0.15, 0.2) is 17.8 Å². The Morgan fingerprint density at radius 1 is 1.13 bits per heavy atom. The summed E-state index contributed by atoms with van der Waals surface area (Å²) in [4.78, 5) is 35.3. The molecular weight excluding hydrogens is 566 g/mol. The van der Waals surface area contributed by atoms with E-state index in [4.69, 9.17) is 28.0 Å². The zero-order valence-electron chi connectivity index (χ0n) is 20.3. The smallest absolute Gasteiger partial charge is 0.382 e. The van der Waals surface area contributed by atoms with Gasteiger partial charge in [-0.05, 0) is 36.4 Å². The van der Waals surface area contributed by atoms with Crippen LogP contribution in [0.3, 0.4) is 0 Å². The highest BCUT2D eigenvalue weighted by atomic mass is 35.5. The van der Waals surface area contributed by atoms with Crippen LogP contribution in [0.1, 0.15) is 16.4 Å². The van der Waals surface area contributed by atoms with Crippen molar-refractivity contribution in [3.8, 4) is 17.1 Å². The molecule has 2 aromatic carbocycles. The Morgan fingerprint density at radius 3 is 2.41 bits per heavy atom. The van der Waals surface area contributed by atoms with Crippen LogP contribution in [-0.2, 0) is 17.9 Å². The van der Waals surface area contributed by atoms with Crippen LogP contribution in [0, 0.1) is 0 Å². The van der Waals surface area contributed by atoms with Gasteiger partial charge in [0.1, 0.15) is 6.54 Å². The van der Waals surface area contributed by atoms with Crippen LogP contribution in [0.15, 0.2) is 53.3 Å². The van der Waals surface area contributed by atoms with Crippen LogP contribution >= 0.6 is 23.2 Å². The fourth-order valence-corrected chi connectivity index (χ4v) is 3.85. The number of carbonyl (C=O) groups excluding carboxylic acids is 1. The molecule has 0 saturated heterocycles. The standard InChI is InChI=1S/C23H20Cl2F3N7O4/c1-32(39-2)21(37)20-29-18(30-35(20)16-6-4-3-5-15(16)25)12-34-22(38)33(11-17(36)23(26,27)28)19(31-34)13-7-9-14(24)10-8-13/h3-10,17,36H,11-12H2,1-2H3/t17-/m0/s1. The van der Waals surface area contributed by atoms with Gasteiger partial charge in [-0.25, -0.2) is 24.2 Å². The summed E-state index contributed by atoms with van der Waals surface area (Å²) in [6.45, 7) is -1.53. The van der Waals surface area contributed by atoms with Gasteiger partial charge in [0.25, 0.3) is 0 Å². The molecule has 0 fully saturated rings. The average molecular weight is 586 g/mol. The van der Waals surface area contributed by atoms with Gasteiger partial charge in [0.05, 0.1) is 24.4 Å². The van der Waals surface area contributed by atoms with Crippen LogP contribution in [0.25, 0.3) is 17.1 Å². The lowest BCUT2D eigenvalue weighted by atomic mass is 10.2. The number of halogens is 5. The van der Waals surface area contributed by atoms with E-state index in [2.05, 4.69) is 15.2 Å². The number of para-hydroxylation sites is 1. The Kier molecular flexibility index (Phi) is 8.11. The summed E-state index contributed by atoms with van der Waals surface area (Å²) in [6.07, 6.45) is -7.80. The maximum absolute atomic E-state index is 13.2. The van der Waals surface area contributed by atoms with Crippen LogP contribution in [0.2, 0.25) is 10.0 Å². The number of aromatic nitrogens is 6. The van der Waals surface area contributed by atoms with E-state index in [9.17, 15) is 27.9 Å². The molecule has 0 saturated carbocycles. The Balaban J connectivity index is 1.81. The zero-order chi connectivity index (χ0) is 28.5. The molecule has 1 amide bonds. The molecule has 16 heteroatoms. The SMILES string of the molecule is CON(C)C(=O)c1nc(Cn2nc(-c3ccc(Cl)cc3)n(C[C@H](O)C(F)(F)F)c2=O)nn1-c1ccccc1Cl. The molecule has 0 radical (unpaired) electrons. The molecule has 2 aromatic heterocycles. The molecule has 206 valence electrons. The van der Waals surface area contributed by atoms with E-state index in [1.807, 2.05) is 0 Å². The largest absolute Gasteiger partial charge is 0.416 e. The molecule has 0 aliphatic rings. The van der Waals surface area contributed by atoms with Gasteiger partial charge >= 0.3 is 17.8 Å². The van der Waals surface area contributed by atoms with Crippen LogP contribution in [0.4, 0.5) is 13.2 Å². The zero-order valence-corrected chi connectivity index (χ0v) is 21.8. The third-order valence-electron chi connectivity index (χ3n) is 5.53. The fraction of sp³-hybridized carbons (Fsp3) is 0.261. The number of aliphatic hydroxyl groups excluding tert-OH is 1. The van der Waals surface area contributed by atoms with Crippen molar-refractivity contribution in [3.05, 3.63) is 80.7 Å². The molecular formula is C23H20Cl2F3N7O4. The van der Waals surface area contributed by atoms with E-state index in [0.29, 0.717) is 15.3 Å². The number of rotatable bonds is 8. The van der Waals surface area contributed by atoms with Crippen molar-refractivity contribution in [2.75, 3.05) is 14.2 Å². The Morgan fingerprint density at radius 2 is 1.79 bits per heavy atom. The number of hydroxylamine groups is 2. The molecule has 4 aromatic rings. The van der Waals surface area contributed by atoms with Gasteiger partial charge in [0.2, 0.25) is 5.82 Å². The first-order chi connectivity index (χ1) is 18.4. The number of alkyl halides is 3.